The van der Waals surface area contributed by atoms with E-state index in [9.17, 15) is 0 Å². The molecule has 1 aliphatic carbocycles. The van der Waals surface area contributed by atoms with E-state index in [0.29, 0.717) is 0 Å². The van der Waals surface area contributed by atoms with Crippen LogP contribution < -0.4 is 5.32 Å². The number of pyridine rings is 2. The van der Waals surface area contributed by atoms with Gasteiger partial charge in [-0.1, -0.05) is 67.3 Å². The third-order valence-electron chi connectivity index (χ3n) is 5.71. The summed E-state index contributed by atoms with van der Waals surface area (Å²) < 4.78 is 0. The lowest BCUT2D eigenvalue weighted by Crippen LogP contribution is -2.26. The highest BCUT2D eigenvalue weighted by Gasteiger charge is 2.10. The lowest BCUT2D eigenvalue weighted by atomic mass is 9.95. The highest BCUT2D eigenvalue weighted by atomic mass is 14.9. The fraction of sp³-hybridized carbons (Fsp3) is 0.133. The minimum absolute atomic E-state index is 0.285. The SMILES string of the molecule is C=Cc1ccncc1/C=C/C/C=C\C(=C/C)N[C@H]1C=CC(c2ccc3ccncc3c2)=CC1. The van der Waals surface area contributed by atoms with Gasteiger partial charge in [-0.25, -0.2) is 0 Å². The van der Waals surface area contributed by atoms with Crippen LogP contribution in [0.25, 0.3) is 28.5 Å². The zero-order valence-electron chi connectivity index (χ0n) is 19.0. The summed E-state index contributed by atoms with van der Waals surface area (Å²) in [6.45, 7) is 5.92. The van der Waals surface area contributed by atoms with Crippen LogP contribution in [-0.4, -0.2) is 16.0 Å². The molecule has 33 heavy (non-hydrogen) atoms. The van der Waals surface area contributed by atoms with Crippen molar-refractivity contribution in [2.24, 2.45) is 0 Å². The van der Waals surface area contributed by atoms with Crippen LogP contribution in [0.2, 0.25) is 0 Å². The lowest BCUT2D eigenvalue weighted by Gasteiger charge is -2.20. The molecule has 3 nitrogen and oxygen atoms in total. The normalized spacial score (nSPS) is 16.5. The molecule has 4 rings (SSSR count). The van der Waals surface area contributed by atoms with Crippen LogP contribution in [-0.2, 0) is 0 Å². The van der Waals surface area contributed by atoms with E-state index >= 15 is 0 Å². The Kier molecular flexibility index (Phi) is 7.44. The molecule has 0 unspecified atom stereocenters. The van der Waals surface area contributed by atoms with Gasteiger partial charge in [0.2, 0.25) is 0 Å². The van der Waals surface area contributed by atoms with Crippen molar-refractivity contribution in [1.29, 1.82) is 0 Å². The predicted octanol–water partition coefficient (Wildman–Crippen LogP) is 7.14. The van der Waals surface area contributed by atoms with Crippen molar-refractivity contribution >= 4 is 28.5 Å². The van der Waals surface area contributed by atoms with Crippen molar-refractivity contribution in [3.8, 4) is 0 Å². The Morgan fingerprint density at radius 3 is 2.76 bits per heavy atom. The molecule has 0 bridgehead atoms. The first kappa shape index (κ1) is 22.2. The number of fused-ring (bicyclic) bond motifs is 1. The predicted molar refractivity (Wildman–Crippen MR) is 141 cm³/mol. The Balaban J connectivity index is 1.31. The van der Waals surface area contributed by atoms with E-state index in [1.54, 1.807) is 6.20 Å². The van der Waals surface area contributed by atoms with Gasteiger partial charge in [-0.3, -0.25) is 9.97 Å². The monoisotopic (exact) mass is 431 g/mol. The number of hydrogen-bond acceptors (Lipinski definition) is 3. The maximum atomic E-state index is 4.24. The summed E-state index contributed by atoms with van der Waals surface area (Å²) in [5.74, 6) is 0. The van der Waals surface area contributed by atoms with Crippen molar-refractivity contribution in [3.05, 3.63) is 127 Å². The Morgan fingerprint density at radius 1 is 1.06 bits per heavy atom. The largest absolute Gasteiger partial charge is 0.379 e. The first-order valence-corrected chi connectivity index (χ1v) is 11.3. The van der Waals surface area contributed by atoms with Gasteiger partial charge in [-0.05, 0) is 71.7 Å². The summed E-state index contributed by atoms with van der Waals surface area (Å²) in [6.07, 6.45) is 28.5. The molecule has 0 saturated heterocycles. The summed E-state index contributed by atoms with van der Waals surface area (Å²) in [4.78, 5) is 8.43. The van der Waals surface area contributed by atoms with Gasteiger partial charge in [-0.2, -0.15) is 0 Å². The quantitative estimate of drug-likeness (QED) is 0.385. The molecular weight excluding hydrogens is 402 g/mol. The van der Waals surface area contributed by atoms with Crippen LogP contribution in [0.4, 0.5) is 0 Å². The first-order valence-electron chi connectivity index (χ1n) is 11.3. The summed E-state index contributed by atoms with van der Waals surface area (Å²) in [7, 11) is 0. The Labute approximate surface area is 196 Å². The number of aromatic nitrogens is 2. The summed E-state index contributed by atoms with van der Waals surface area (Å²) in [5, 5.41) is 6.01. The molecule has 3 aromatic rings. The van der Waals surface area contributed by atoms with E-state index in [2.05, 4.69) is 95.6 Å². The Morgan fingerprint density at radius 2 is 1.94 bits per heavy atom. The maximum Gasteiger partial charge on any atom is 0.0482 e. The first-order chi connectivity index (χ1) is 16.3. The molecule has 0 aliphatic heterocycles. The fourth-order valence-corrected chi connectivity index (χ4v) is 3.86. The van der Waals surface area contributed by atoms with Crippen LogP contribution in [0.1, 0.15) is 36.5 Å². The number of benzene rings is 1. The molecule has 164 valence electrons. The molecule has 2 aromatic heterocycles. The summed E-state index contributed by atoms with van der Waals surface area (Å²) in [6, 6.07) is 10.9. The van der Waals surface area contributed by atoms with Gasteiger partial charge in [0.15, 0.2) is 0 Å². The molecule has 1 N–H and O–H groups in total. The van der Waals surface area contributed by atoms with Crippen molar-refractivity contribution in [2.45, 2.75) is 25.8 Å². The smallest absolute Gasteiger partial charge is 0.0482 e. The number of hydrogen-bond donors (Lipinski definition) is 1. The Hall–Kier alpha value is -3.98. The highest BCUT2D eigenvalue weighted by Crippen LogP contribution is 2.25. The minimum Gasteiger partial charge on any atom is -0.379 e. The molecular formula is C30H29N3. The van der Waals surface area contributed by atoms with E-state index in [1.807, 2.05) is 36.8 Å². The molecule has 0 fully saturated rings. The van der Waals surface area contributed by atoms with E-state index < -0.39 is 0 Å². The van der Waals surface area contributed by atoms with E-state index in [1.165, 1.54) is 21.9 Å². The minimum atomic E-state index is 0.285. The van der Waals surface area contributed by atoms with E-state index in [4.69, 9.17) is 0 Å². The van der Waals surface area contributed by atoms with Crippen molar-refractivity contribution in [2.75, 3.05) is 0 Å². The van der Waals surface area contributed by atoms with Gasteiger partial charge < -0.3 is 5.32 Å². The molecule has 0 amide bonds. The van der Waals surface area contributed by atoms with Crippen molar-refractivity contribution in [3.63, 3.8) is 0 Å². The fourth-order valence-electron chi connectivity index (χ4n) is 3.86. The van der Waals surface area contributed by atoms with Gasteiger partial charge >= 0.3 is 0 Å². The average molecular weight is 432 g/mol. The van der Waals surface area contributed by atoms with Crippen LogP contribution >= 0.6 is 0 Å². The summed E-state index contributed by atoms with van der Waals surface area (Å²) >= 11 is 0. The maximum absolute atomic E-state index is 4.24. The third-order valence-corrected chi connectivity index (χ3v) is 5.71. The lowest BCUT2D eigenvalue weighted by molar-refractivity contribution is 0.685. The second-order valence-electron chi connectivity index (χ2n) is 7.94. The molecule has 0 spiro atoms. The standard InChI is InChI=1S/C30H29N3/c1-3-23-16-18-31-21-27(23)8-6-5-7-9-29(4-2)33-30-14-12-24(13-15-30)26-11-10-25-17-19-32-22-28(25)20-26/h3-4,6-14,16-22,30,33H,1,5,15H2,2H3/b8-6+,9-7-,29-4+/t30-/m0/s1. The Bertz CT molecular complexity index is 1270. The molecule has 1 aliphatic rings. The van der Waals surface area contributed by atoms with E-state index in [0.717, 1.165) is 29.7 Å². The second-order valence-corrected chi connectivity index (χ2v) is 7.94. The van der Waals surface area contributed by atoms with E-state index in [-0.39, 0.29) is 6.04 Å². The molecule has 0 saturated carbocycles. The molecule has 3 heteroatoms. The molecule has 1 atom stereocenters. The third kappa shape index (κ3) is 5.83. The number of allylic oxidation sites excluding steroid dienone is 6. The van der Waals surface area contributed by atoms with Crippen LogP contribution in [0.3, 0.4) is 0 Å². The number of nitrogens with one attached hydrogen (secondary N) is 1. The van der Waals surface area contributed by atoms with Crippen molar-refractivity contribution in [1.82, 2.24) is 15.3 Å². The topological polar surface area (TPSA) is 37.8 Å². The molecule has 1 aromatic carbocycles. The zero-order valence-corrected chi connectivity index (χ0v) is 19.0. The van der Waals surface area contributed by atoms with Gasteiger partial charge in [0, 0.05) is 41.9 Å². The second kappa shape index (κ2) is 11.1. The average Bonchev–Trinajstić information content (AvgIpc) is 2.88. The van der Waals surface area contributed by atoms with Crippen molar-refractivity contribution < 1.29 is 0 Å². The molecule has 2 heterocycles. The van der Waals surface area contributed by atoms with Gasteiger partial charge in [-0.15, -0.1) is 0 Å². The van der Waals surface area contributed by atoms with Crippen LogP contribution in [0, 0.1) is 0 Å². The highest BCUT2D eigenvalue weighted by molar-refractivity contribution is 5.87. The van der Waals surface area contributed by atoms with Gasteiger partial charge in [0.05, 0.1) is 0 Å². The summed E-state index contributed by atoms with van der Waals surface area (Å²) in [5.41, 5.74) is 5.80. The van der Waals surface area contributed by atoms with Crippen LogP contribution in [0.5, 0.6) is 0 Å². The number of nitrogens with zero attached hydrogens (tertiary/aromatic N) is 2. The van der Waals surface area contributed by atoms with Gasteiger partial charge in [0.25, 0.3) is 0 Å². The van der Waals surface area contributed by atoms with Gasteiger partial charge in [0.1, 0.15) is 0 Å². The molecule has 0 radical (unpaired) electrons. The number of rotatable bonds is 8. The van der Waals surface area contributed by atoms with Crippen LogP contribution in [0.15, 0.2) is 110 Å². The zero-order chi connectivity index (χ0) is 22.9.